The van der Waals surface area contributed by atoms with E-state index in [0.717, 1.165) is 21.8 Å². The van der Waals surface area contributed by atoms with Crippen molar-refractivity contribution >= 4 is 43.9 Å². The van der Waals surface area contributed by atoms with Crippen LogP contribution in [0.3, 0.4) is 0 Å². The first kappa shape index (κ1) is 31.1. The lowest BCUT2D eigenvalue weighted by Crippen LogP contribution is -2.38. The Labute approximate surface area is 252 Å². The second-order valence-corrected chi connectivity index (χ2v) is 13.2. The Morgan fingerprint density at radius 2 is 1.43 bits per heavy atom. The van der Waals surface area contributed by atoms with Crippen molar-refractivity contribution in [3.05, 3.63) is 39.2 Å². The molecule has 5 N–H and O–H groups in total. The van der Waals surface area contributed by atoms with Gasteiger partial charge in [-0.25, -0.2) is 28.3 Å². The van der Waals surface area contributed by atoms with Crippen molar-refractivity contribution in [1.29, 1.82) is 0 Å². The first-order chi connectivity index (χ1) is 21.7. The number of nitrogens with two attached hydrogens (primary N) is 1. The van der Waals surface area contributed by atoms with Crippen molar-refractivity contribution in [1.82, 2.24) is 39.0 Å². The number of aryl methyl sites for hydroxylation is 1. The first-order valence-electron chi connectivity index (χ1n) is 13.3. The minimum atomic E-state index is -5.45. The fourth-order valence-electron chi connectivity index (χ4n) is 5.40. The van der Waals surface area contributed by atoms with Gasteiger partial charge < -0.3 is 39.0 Å². The lowest BCUT2D eigenvalue weighted by atomic mass is 10.1. The number of nitrogens with zero attached hydrogens (tertiary/aromatic N) is 6. The summed E-state index contributed by atoms with van der Waals surface area (Å²) in [6.07, 6.45) is -13.4. The van der Waals surface area contributed by atoms with Gasteiger partial charge in [0.05, 0.1) is 25.9 Å². The van der Waals surface area contributed by atoms with Crippen LogP contribution in [0.25, 0.3) is 22.3 Å². The zero-order valence-electron chi connectivity index (χ0n) is 23.0. The molecule has 0 aromatic carbocycles. The number of H-pyrrole nitrogens is 2. The predicted octanol–water partition coefficient (Wildman–Crippen LogP) is -1.000. The smallest absolute Gasteiger partial charge is 0.472 e. The summed E-state index contributed by atoms with van der Waals surface area (Å²) in [6, 6.07) is 0. The summed E-state index contributed by atoms with van der Waals surface area (Å²) < 4.78 is 90.8. The Morgan fingerprint density at radius 1 is 0.913 bits per heavy atom. The van der Waals surface area contributed by atoms with Crippen molar-refractivity contribution in [3.63, 3.8) is 0 Å². The molecule has 3 saturated heterocycles. The molecule has 25 heteroatoms. The van der Waals surface area contributed by atoms with Gasteiger partial charge in [0.25, 0.3) is 18.9 Å². The summed E-state index contributed by atoms with van der Waals surface area (Å²) in [4.78, 5) is 68.3. The highest BCUT2D eigenvalue weighted by atomic mass is 31.2. The molecule has 0 aliphatic carbocycles. The number of phosphoric ester groups is 2. The van der Waals surface area contributed by atoms with Gasteiger partial charge in [-0.1, -0.05) is 0 Å². The van der Waals surface area contributed by atoms with E-state index in [1.807, 2.05) is 0 Å². The van der Waals surface area contributed by atoms with Gasteiger partial charge >= 0.3 is 7.82 Å². The molecule has 3 fully saturated rings. The first-order valence-corrected chi connectivity index (χ1v) is 16.2. The molecule has 4 unspecified atom stereocenters. The highest BCUT2D eigenvalue weighted by molar-refractivity contribution is 7.47. The van der Waals surface area contributed by atoms with E-state index in [1.165, 1.54) is 6.92 Å². The second-order valence-electron chi connectivity index (χ2n) is 10.4. The molecule has 0 bridgehead atoms. The number of hydrogen-bond acceptors (Lipinski definition) is 16. The second kappa shape index (κ2) is 11.0. The molecule has 3 aliphatic rings. The molecule has 0 radical (unpaired) electrons. The van der Waals surface area contributed by atoms with Gasteiger partial charge in [-0.2, -0.15) is 4.98 Å². The van der Waals surface area contributed by atoms with E-state index in [0.29, 0.717) is 0 Å². The molecule has 21 nitrogen and oxygen atoms in total. The molecule has 0 spiro atoms. The SMILES string of the molecule is Cc1nc2c(ncn2[C@@H]2O[C@@H]3COP(=O)(O)O[C@@H]4C(F)[C@H](n5cnc6c(=O)[nH]c(N)nc65)O[C@@H]4COP(=O)([O-])OC3[C@@H]2F)c(=O)[nH]1. The van der Waals surface area contributed by atoms with Crippen molar-refractivity contribution in [2.45, 2.75) is 56.1 Å². The van der Waals surface area contributed by atoms with Gasteiger partial charge in [0, 0.05) is 0 Å². The standard InChI is InChI=1S/C21H23F2N9O12P2/c1-6-27-15-11(17(33)28-6)25-4-31(15)19-9(22)13-7(41-19)2-39-46(37,38)44-14-8(3-40-45(35,36)43-13)42-20(10(14)23)32-5-26-12-16(32)29-21(24)30-18(12)34/h4-5,7-10,13-14,19-20H,2-3H2,1H3,(H,35,36)(H,37,38)(H,27,28,33)(H3,24,29,30,34)/p-1/t7-,8-,9+,10?,13?,14+,19-,20-/m1/s1. The van der Waals surface area contributed by atoms with Crippen molar-refractivity contribution in [3.8, 4) is 0 Å². The van der Waals surface area contributed by atoms with E-state index in [9.17, 15) is 28.5 Å². The monoisotopic (exact) mass is 692 g/mol. The van der Waals surface area contributed by atoms with E-state index in [2.05, 4.69) is 29.9 Å². The van der Waals surface area contributed by atoms with E-state index in [4.69, 9.17) is 33.3 Å². The predicted molar refractivity (Wildman–Crippen MR) is 142 cm³/mol. The van der Waals surface area contributed by atoms with E-state index >= 15 is 8.78 Å². The summed E-state index contributed by atoms with van der Waals surface area (Å²) in [7, 11) is -10.7. The normalized spacial score (nSPS) is 37.2. The minimum Gasteiger partial charge on any atom is -0.756 e. The van der Waals surface area contributed by atoms with E-state index < -0.39 is 89.2 Å². The van der Waals surface area contributed by atoms with Crippen LogP contribution < -0.4 is 21.7 Å². The van der Waals surface area contributed by atoms with Crippen LogP contribution in [0.15, 0.2) is 22.2 Å². The average Bonchev–Trinajstić information content (AvgIpc) is 3.72. The molecular weight excluding hydrogens is 670 g/mol. The molecule has 7 heterocycles. The van der Waals surface area contributed by atoms with Crippen LogP contribution in [0.5, 0.6) is 0 Å². The molecule has 10 atom stereocenters. The average molecular weight is 692 g/mol. The number of aromatic amines is 2. The molecule has 4 aromatic heterocycles. The Balaban J connectivity index is 1.18. The lowest BCUT2D eigenvalue weighted by Gasteiger charge is -2.31. The lowest BCUT2D eigenvalue weighted by molar-refractivity contribution is -0.235. The maximum atomic E-state index is 15.9. The van der Waals surface area contributed by atoms with E-state index in [-0.39, 0.29) is 34.1 Å². The number of alkyl halides is 2. The summed E-state index contributed by atoms with van der Waals surface area (Å²) >= 11 is 0. The zero-order valence-corrected chi connectivity index (χ0v) is 24.8. The topological polar surface area (TPSA) is 286 Å². The molecule has 46 heavy (non-hydrogen) atoms. The number of nitrogen functional groups attached to an aromatic ring is 1. The number of phosphoric acid groups is 2. The van der Waals surface area contributed by atoms with Crippen LogP contribution in [-0.4, -0.2) is 93.9 Å². The van der Waals surface area contributed by atoms with Gasteiger partial charge in [-0.05, 0) is 6.92 Å². The van der Waals surface area contributed by atoms with Crippen LogP contribution in [0, 0.1) is 6.92 Å². The number of anilines is 1. The Hall–Kier alpha value is -3.50. The number of nitrogens with one attached hydrogen (secondary N) is 2. The maximum Gasteiger partial charge on any atom is 0.472 e. The van der Waals surface area contributed by atoms with Gasteiger partial charge in [-0.15, -0.1) is 0 Å². The van der Waals surface area contributed by atoms with Crippen LogP contribution in [-0.2, 0) is 36.7 Å². The summed E-state index contributed by atoms with van der Waals surface area (Å²) in [5, 5.41) is 0. The quantitative estimate of drug-likeness (QED) is 0.183. The molecule has 248 valence electrons. The van der Waals surface area contributed by atoms with Crippen LogP contribution in [0.2, 0.25) is 0 Å². The Morgan fingerprint density at radius 3 is 2.04 bits per heavy atom. The number of rotatable bonds is 2. The fourth-order valence-corrected chi connectivity index (χ4v) is 7.30. The molecule has 4 aromatic rings. The number of ether oxygens (including phenoxy) is 2. The van der Waals surface area contributed by atoms with Crippen LogP contribution in [0.4, 0.5) is 14.7 Å². The Kier molecular flexibility index (Phi) is 7.47. The largest absolute Gasteiger partial charge is 0.756 e. The molecule has 3 aliphatic heterocycles. The third-order valence-electron chi connectivity index (χ3n) is 7.39. The molecular formula is C21H22F2N9O12P2-. The van der Waals surface area contributed by atoms with Crippen LogP contribution in [0.1, 0.15) is 18.3 Å². The van der Waals surface area contributed by atoms with Crippen molar-refractivity contribution in [2.75, 3.05) is 18.9 Å². The number of halogens is 2. The minimum absolute atomic E-state index is 0.105. The number of fused-ring (bicyclic) bond motifs is 4. The van der Waals surface area contributed by atoms with Gasteiger partial charge in [0.15, 0.2) is 47.1 Å². The number of imidazole rings is 2. The fraction of sp³-hybridized carbons (Fsp3) is 0.524. The molecule has 0 amide bonds. The van der Waals surface area contributed by atoms with Gasteiger partial charge in [-0.3, -0.25) is 37.3 Å². The van der Waals surface area contributed by atoms with Crippen molar-refractivity contribution in [2.24, 2.45) is 0 Å². The number of aromatic nitrogens is 8. The summed E-state index contributed by atoms with van der Waals surface area (Å²) in [6.45, 7) is -0.573. The third-order valence-corrected chi connectivity index (χ3v) is 9.34. The summed E-state index contributed by atoms with van der Waals surface area (Å²) in [5.41, 5.74) is 3.47. The highest BCUT2D eigenvalue weighted by Crippen LogP contribution is 2.53. The zero-order chi connectivity index (χ0) is 32.7. The van der Waals surface area contributed by atoms with Crippen molar-refractivity contribution < 1.29 is 55.3 Å². The Bertz CT molecular complexity index is 1910. The van der Waals surface area contributed by atoms with Crippen LogP contribution >= 0.6 is 15.6 Å². The van der Waals surface area contributed by atoms with E-state index in [1.54, 1.807) is 0 Å². The highest BCUT2D eigenvalue weighted by Gasteiger charge is 2.54. The maximum absolute atomic E-state index is 15.9. The number of hydrogen-bond donors (Lipinski definition) is 4. The van der Waals surface area contributed by atoms with Gasteiger partial charge in [0.2, 0.25) is 5.95 Å². The molecule has 0 saturated carbocycles. The summed E-state index contributed by atoms with van der Waals surface area (Å²) in [5.74, 6) is -0.176. The van der Waals surface area contributed by atoms with Gasteiger partial charge in [0.1, 0.15) is 30.2 Å². The molecule has 7 rings (SSSR count). The third kappa shape index (κ3) is 5.37.